The average Bonchev–Trinajstić information content (AvgIpc) is 2.72. The minimum atomic E-state index is -0.00651. The van der Waals surface area contributed by atoms with Crippen LogP contribution < -0.4 is 10.1 Å². The lowest BCUT2D eigenvalue weighted by atomic mass is 9.95. The summed E-state index contributed by atoms with van der Waals surface area (Å²) in [4.78, 5) is 17.1. The summed E-state index contributed by atoms with van der Waals surface area (Å²) in [5.74, 6) is 0.800. The Bertz CT molecular complexity index is 774. The monoisotopic (exact) mass is 381 g/mol. The summed E-state index contributed by atoms with van der Waals surface area (Å²) in [5, 5.41) is 3.08. The lowest BCUT2D eigenvalue weighted by Crippen LogP contribution is -2.44. The van der Waals surface area contributed by atoms with E-state index in [-0.39, 0.29) is 12.1 Å². The molecule has 1 heterocycles. The van der Waals surface area contributed by atoms with Gasteiger partial charge in [-0.15, -0.1) is 0 Å². The maximum atomic E-state index is 12.9. The summed E-state index contributed by atoms with van der Waals surface area (Å²) in [6.07, 6.45) is 3.22. The number of para-hydroxylation sites is 1. The molecule has 1 aliphatic rings. The molecule has 0 aliphatic carbocycles. The maximum Gasteiger partial charge on any atom is 0.318 e. The third kappa shape index (κ3) is 5.04. The Morgan fingerprint density at radius 1 is 1.14 bits per heavy atom. The van der Waals surface area contributed by atoms with Gasteiger partial charge in [0.1, 0.15) is 5.75 Å². The number of carbonyl (C=O) groups is 1. The zero-order chi connectivity index (χ0) is 19.9. The van der Waals surface area contributed by atoms with Gasteiger partial charge in [0.25, 0.3) is 0 Å². The Hall–Kier alpha value is -2.53. The molecular formula is C23H31N3O2. The number of ether oxygens (including phenoxy) is 1. The van der Waals surface area contributed by atoms with Crippen LogP contribution in [0.2, 0.25) is 0 Å². The number of nitrogens with zero attached hydrogens (tertiary/aromatic N) is 2. The number of urea groups is 1. The van der Waals surface area contributed by atoms with E-state index < -0.39 is 0 Å². The molecule has 1 fully saturated rings. The number of hydrogen-bond donors (Lipinski definition) is 1. The second-order valence-electron chi connectivity index (χ2n) is 7.65. The molecule has 3 rings (SSSR count). The van der Waals surface area contributed by atoms with Gasteiger partial charge in [-0.2, -0.15) is 0 Å². The van der Waals surface area contributed by atoms with Gasteiger partial charge in [-0.25, -0.2) is 4.79 Å². The summed E-state index contributed by atoms with van der Waals surface area (Å²) in [7, 11) is 5.80. The van der Waals surface area contributed by atoms with Crippen molar-refractivity contribution >= 4 is 6.03 Å². The highest BCUT2D eigenvalue weighted by molar-refractivity contribution is 5.75. The van der Waals surface area contributed by atoms with Crippen LogP contribution in [0.1, 0.15) is 42.0 Å². The lowest BCUT2D eigenvalue weighted by molar-refractivity contribution is 0.151. The topological polar surface area (TPSA) is 44.8 Å². The van der Waals surface area contributed by atoms with Crippen molar-refractivity contribution in [1.82, 2.24) is 15.1 Å². The fraction of sp³-hybridized carbons (Fsp3) is 0.435. The van der Waals surface area contributed by atoms with Crippen molar-refractivity contribution in [2.45, 2.75) is 38.4 Å². The molecule has 2 amide bonds. The summed E-state index contributed by atoms with van der Waals surface area (Å²) in [6, 6.07) is 16.6. The van der Waals surface area contributed by atoms with Crippen molar-refractivity contribution in [2.75, 3.05) is 27.7 Å². The van der Waals surface area contributed by atoms with Gasteiger partial charge in [-0.05, 0) is 50.6 Å². The van der Waals surface area contributed by atoms with Crippen LogP contribution in [-0.2, 0) is 13.1 Å². The average molecular weight is 382 g/mol. The Kier molecular flexibility index (Phi) is 6.93. The number of benzene rings is 2. The van der Waals surface area contributed by atoms with E-state index >= 15 is 0 Å². The molecule has 0 saturated carbocycles. The van der Waals surface area contributed by atoms with Crippen molar-refractivity contribution in [3.8, 4) is 5.75 Å². The molecule has 0 aromatic heterocycles. The van der Waals surface area contributed by atoms with Crippen molar-refractivity contribution in [2.24, 2.45) is 0 Å². The molecule has 0 bridgehead atoms. The molecule has 1 N–H and O–H groups in total. The normalized spacial score (nSPS) is 16.9. The molecule has 150 valence electrons. The molecule has 0 radical (unpaired) electrons. The Morgan fingerprint density at radius 3 is 2.61 bits per heavy atom. The lowest BCUT2D eigenvalue weighted by Gasteiger charge is -2.36. The highest BCUT2D eigenvalue weighted by Gasteiger charge is 2.27. The number of carbonyl (C=O) groups excluding carboxylic acids is 1. The first kappa shape index (κ1) is 20.2. The van der Waals surface area contributed by atoms with Crippen molar-refractivity contribution in [3.63, 3.8) is 0 Å². The third-order valence-corrected chi connectivity index (χ3v) is 5.25. The van der Waals surface area contributed by atoms with Gasteiger partial charge in [0, 0.05) is 25.2 Å². The Balaban J connectivity index is 1.67. The van der Waals surface area contributed by atoms with E-state index in [4.69, 9.17) is 4.74 Å². The van der Waals surface area contributed by atoms with E-state index in [9.17, 15) is 4.79 Å². The fourth-order valence-corrected chi connectivity index (χ4v) is 3.85. The number of hydrogen-bond acceptors (Lipinski definition) is 3. The molecule has 5 nitrogen and oxygen atoms in total. The molecular weight excluding hydrogens is 350 g/mol. The molecule has 5 heteroatoms. The number of methoxy groups -OCH3 is 1. The van der Waals surface area contributed by atoms with Crippen LogP contribution in [0, 0.1) is 0 Å². The second-order valence-corrected chi connectivity index (χ2v) is 7.65. The van der Waals surface area contributed by atoms with Crippen LogP contribution >= 0.6 is 0 Å². The predicted octanol–water partition coefficient (Wildman–Crippen LogP) is 4.19. The minimum absolute atomic E-state index is 0.00651. The molecule has 1 saturated heterocycles. The minimum Gasteiger partial charge on any atom is -0.496 e. The van der Waals surface area contributed by atoms with Crippen molar-refractivity contribution in [1.29, 1.82) is 0 Å². The first-order valence-electron chi connectivity index (χ1n) is 9.98. The van der Waals surface area contributed by atoms with Gasteiger partial charge in [0.15, 0.2) is 0 Å². The zero-order valence-corrected chi connectivity index (χ0v) is 17.1. The van der Waals surface area contributed by atoms with E-state index in [1.165, 1.54) is 11.1 Å². The summed E-state index contributed by atoms with van der Waals surface area (Å²) >= 11 is 0. The van der Waals surface area contributed by atoms with Gasteiger partial charge >= 0.3 is 6.03 Å². The quantitative estimate of drug-likeness (QED) is 0.816. The van der Waals surface area contributed by atoms with Crippen LogP contribution in [0.5, 0.6) is 5.75 Å². The summed E-state index contributed by atoms with van der Waals surface area (Å²) in [5.41, 5.74) is 3.49. The second kappa shape index (κ2) is 9.60. The first-order chi connectivity index (χ1) is 13.6. The van der Waals surface area contributed by atoms with E-state index in [1.807, 2.05) is 29.2 Å². The van der Waals surface area contributed by atoms with E-state index in [2.05, 4.69) is 48.6 Å². The molecule has 1 atom stereocenters. The maximum absolute atomic E-state index is 12.9. The highest BCUT2D eigenvalue weighted by atomic mass is 16.5. The van der Waals surface area contributed by atoms with Crippen molar-refractivity contribution < 1.29 is 9.53 Å². The standard InChI is InChI=1S/C23H31N3O2/c1-25(2)17-18-11-13-19(14-12-18)21-9-6-7-15-26(21)23(27)24-16-20-8-4-5-10-22(20)28-3/h4-5,8,10-14,21H,6-7,9,15-17H2,1-3H3,(H,24,27)/t21-/m0/s1. The molecule has 2 aromatic rings. The van der Waals surface area contributed by atoms with Crippen LogP contribution in [0.3, 0.4) is 0 Å². The first-order valence-corrected chi connectivity index (χ1v) is 9.98. The van der Waals surface area contributed by atoms with Gasteiger partial charge in [0.05, 0.1) is 13.2 Å². The van der Waals surface area contributed by atoms with Gasteiger partial charge in [-0.3, -0.25) is 0 Å². The third-order valence-electron chi connectivity index (χ3n) is 5.25. The van der Waals surface area contributed by atoms with Crippen LogP contribution in [0.15, 0.2) is 48.5 Å². The van der Waals surface area contributed by atoms with Crippen molar-refractivity contribution in [3.05, 3.63) is 65.2 Å². The fourth-order valence-electron chi connectivity index (χ4n) is 3.85. The van der Waals surface area contributed by atoms with E-state index in [1.54, 1.807) is 7.11 Å². The molecule has 0 unspecified atom stereocenters. The van der Waals surface area contributed by atoms with Crippen LogP contribution in [0.4, 0.5) is 4.79 Å². The predicted molar refractivity (Wildman–Crippen MR) is 112 cm³/mol. The number of nitrogens with one attached hydrogen (secondary N) is 1. The highest BCUT2D eigenvalue weighted by Crippen LogP contribution is 2.31. The summed E-state index contributed by atoms with van der Waals surface area (Å²) in [6.45, 7) is 2.18. The van der Waals surface area contributed by atoms with Gasteiger partial charge in [-0.1, -0.05) is 42.5 Å². The molecule has 2 aromatic carbocycles. The Labute approximate surface area is 168 Å². The molecule has 28 heavy (non-hydrogen) atoms. The smallest absolute Gasteiger partial charge is 0.318 e. The Morgan fingerprint density at radius 2 is 1.89 bits per heavy atom. The SMILES string of the molecule is COc1ccccc1CNC(=O)N1CCCC[C@H]1c1ccc(CN(C)C)cc1. The van der Waals surface area contributed by atoms with E-state index in [0.717, 1.165) is 43.7 Å². The molecule has 1 aliphatic heterocycles. The number of amides is 2. The number of likely N-dealkylation sites (tertiary alicyclic amines) is 1. The van der Waals surface area contributed by atoms with Gasteiger partial charge in [0.2, 0.25) is 0 Å². The number of rotatable bonds is 6. The summed E-state index contributed by atoms with van der Waals surface area (Å²) < 4.78 is 5.38. The van der Waals surface area contributed by atoms with Gasteiger partial charge < -0.3 is 19.9 Å². The van der Waals surface area contributed by atoms with E-state index in [0.29, 0.717) is 6.54 Å². The zero-order valence-electron chi connectivity index (χ0n) is 17.1. The van der Waals surface area contributed by atoms with Crippen LogP contribution in [-0.4, -0.2) is 43.6 Å². The number of piperidine rings is 1. The van der Waals surface area contributed by atoms with Crippen LogP contribution in [0.25, 0.3) is 0 Å². The largest absolute Gasteiger partial charge is 0.496 e. The molecule has 0 spiro atoms.